The van der Waals surface area contributed by atoms with Crippen molar-refractivity contribution in [2.24, 2.45) is 46.3 Å². The van der Waals surface area contributed by atoms with E-state index in [-0.39, 0.29) is 23.3 Å². The third kappa shape index (κ3) is 3.65. The Morgan fingerprint density at radius 2 is 1.82 bits per heavy atom. The van der Waals surface area contributed by atoms with Gasteiger partial charge in [0.1, 0.15) is 6.10 Å². The Morgan fingerprint density at radius 3 is 2.58 bits per heavy atom. The molecule has 4 nitrogen and oxygen atoms in total. The van der Waals surface area contributed by atoms with Crippen molar-refractivity contribution in [1.29, 1.82) is 0 Å². The van der Waals surface area contributed by atoms with Gasteiger partial charge in [0.2, 0.25) is 0 Å². The molecule has 0 aromatic heterocycles. The van der Waals surface area contributed by atoms with E-state index in [1.165, 1.54) is 32.1 Å². The molecule has 2 heterocycles. The van der Waals surface area contributed by atoms with Crippen LogP contribution in [0.2, 0.25) is 0 Å². The Hall–Kier alpha value is -1.65. The highest BCUT2D eigenvalue weighted by Gasteiger charge is 2.68. The first-order valence-electron chi connectivity index (χ1n) is 15.5. The molecule has 4 heteroatoms. The molecule has 1 aromatic carbocycles. The fourth-order valence-electron chi connectivity index (χ4n) is 10.5. The summed E-state index contributed by atoms with van der Waals surface area (Å²) in [4.78, 5) is 12.7. The lowest BCUT2D eigenvalue weighted by molar-refractivity contribution is -0.272. The highest BCUT2D eigenvalue weighted by molar-refractivity contribution is 5.89. The van der Waals surface area contributed by atoms with Crippen LogP contribution >= 0.6 is 0 Å². The molecular formula is C34H46O4. The topological polar surface area (TPSA) is 44.8 Å². The van der Waals surface area contributed by atoms with Gasteiger partial charge in [-0.1, -0.05) is 57.5 Å². The highest BCUT2D eigenvalue weighted by Crippen LogP contribution is 2.70. The molecule has 7 rings (SSSR count). The largest absolute Gasteiger partial charge is 0.458 e. The van der Waals surface area contributed by atoms with Crippen molar-refractivity contribution in [3.63, 3.8) is 0 Å². The lowest BCUT2D eigenvalue weighted by atomic mass is 9.47. The smallest absolute Gasteiger partial charge is 0.338 e. The Balaban J connectivity index is 1.08. The monoisotopic (exact) mass is 518 g/mol. The number of fused-ring (bicyclic) bond motifs is 7. The molecule has 4 aliphatic carbocycles. The third-order valence-corrected chi connectivity index (χ3v) is 12.6. The first-order valence-corrected chi connectivity index (χ1v) is 15.5. The van der Waals surface area contributed by atoms with Gasteiger partial charge in [0.05, 0.1) is 18.3 Å². The van der Waals surface area contributed by atoms with E-state index in [0.29, 0.717) is 34.8 Å². The van der Waals surface area contributed by atoms with Crippen LogP contribution in [0.4, 0.5) is 0 Å². The Morgan fingerprint density at radius 1 is 1.00 bits per heavy atom. The van der Waals surface area contributed by atoms with E-state index in [1.54, 1.807) is 5.57 Å². The number of hydrogen-bond donors (Lipinski definition) is 0. The quantitative estimate of drug-likeness (QED) is 0.299. The zero-order valence-corrected chi connectivity index (χ0v) is 23.8. The van der Waals surface area contributed by atoms with Crippen molar-refractivity contribution in [1.82, 2.24) is 0 Å². The summed E-state index contributed by atoms with van der Waals surface area (Å²) in [5.41, 5.74) is 2.81. The molecule has 0 N–H and O–H groups in total. The van der Waals surface area contributed by atoms with Crippen LogP contribution in [0.3, 0.4) is 0 Å². The minimum absolute atomic E-state index is 0.00178. The molecule has 11 atom stereocenters. The normalized spacial score (nSPS) is 49.4. The van der Waals surface area contributed by atoms with Crippen molar-refractivity contribution in [2.45, 2.75) is 103 Å². The molecule has 1 aromatic rings. The van der Waals surface area contributed by atoms with Gasteiger partial charge in [-0.2, -0.15) is 0 Å². The summed E-state index contributed by atoms with van der Waals surface area (Å²) in [5, 5.41) is 0. The highest BCUT2D eigenvalue weighted by atomic mass is 16.7. The van der Waals surface area contributed by atoms with Crippen LogP contribution in [0.5, 0.6) is 0 Å². The number of allylic oxidation sites excluding steroid dienone is 1. The zero-order chi connectivity index (χ0) is 26.3. The summed E-state index contributed by atoms with van der Waals surface area (Å²) in [5.74, 6) is 3.46. The maximum atomic E-state index is 12.7. The summed E-state index contributed by atoms with van der Waals surface area (Å²) < 4.78 is 19.5. The number of benzene rings is 1. The van der Waals surface area contributed by atoms with Crippen LogP contribution in [0.15, 0.2) is 42.0 Å². The number of hydrogen-bond acceptors (Lipinski definition) is 4. The summed E-state index contributed by atoms with van der Waals surface area (Å²) in [6.07, 6.45) is 13.3. The van der Waals surface area contributed by atoms with Crippen molar-refractivity contribution in [3.8, 4) is 0 Å². The van der Waals surface area contributed by atoms with E-state index in [1.807, 2.05) is 30.3 Å². The maximum Gasteiger partial charge on any atom is 0.338 e. The number of esters is 1. The van der Waals surface area contributed by atoms with Crippen molar-refractivity contribution in [2.75, 3.05) is 6.61 Å². The summed E-state index contributed by atoms with van der Waals surface area (Å²) in [7, 11) is 0. The predicted octanol–water partition coefficient (Wildman–Crippen LogP) is 7.58. The maximum absolute atomic E-state index is 12.7. The van der Waals surface area contributed by atoms with E-state index in [2.05, 4.69) is 33.8 Å². The van der Waals surface area contributed by atoms with Gasteiger partial charge >= 0.3 is 5.97 Å². The van der Waals surface area contributed by atoms with E-state index < -0.39 is 0 Å². The third-order valence-electron chi connectivity index (χ3n) is 12.6. The van der Waals surface area contributed by atoms with Crippen molar-refractivity contribution >= 4 is 5.97 Å². The van der Waals surface area contributed by atoms with E-state index in [9.17, 15) is 4.79 Å². The Kier molecular flexibility index (Phi) is 5.95. The first kappa shape index (κ1) is 25.3. The Bertz CT molecular complexity index is 1100. The molecule has 38 heavy (non-hydrogen) atoms. The molecule has 3 saturated carbocycles. The van der Waals surface area contributed by atoms with Gasteiger partial charge in [0, 0.05) is 18.8 Å². The van der Waals surface area contributed by atoms with Gasteiger partial charge in [-0.05, 0) is 97.5 Å². The molecular weight excluding hydrogens is 472 g/mol. The fourth-order valence-corrected chi connectivity index (χ4v) is 10.5. The molecule has 8 unspecified atom stereocenters. The molecule has 1 spiro atoms. The van der Waals surface area contributed by atoms with Crippen LogP contribution in [0.25, 0.3) is 0 Å². The van der Waals surface area contributed by atoms with E-state index in [0.717, 1.165) is 50.0 Å². The molecule has 0 amide bonds. The van der Waals surface area contributed by atoms with Crippen LogP contribution in [-0.2, 0) is 14.2 Å². The lowest BCUT2D eigenvalue weighted by Crippen LogP contribution is -2.52. The minimum atomic E-state index is -0.326. The van der Waals surface area contributed by atoms with E-state index in [4.69, 9.17) is 14.2 Å². The minimum Gasteiger partial charge on any atom is -0.458 e. The van der Waals surface area contributed by atoms with Gasteiger partial charge in [-0.3, -0.25) is 0 Å². The molecule has 0 radical (unpaired) electrons. The second-order valence-electron chi connectivity index (χ2n) is 14.4. The Labute approximate surface area is 228 Å². The second kappa shape index (κ2) is 8.93. The summed E-state index contributed by atoms with van der Waals surface area (Å²) >= 11 is 0. The van der Waals surface area contributed by atoms with Gasteiger partial charge in [-0.15, -0.1) is 0 Å². The van der Waals surface area contributed by atoms with Crippen LogP contribution in [0, 0.1) is 46.3 Å². The number of carbonyl (C=O) groups excluding carboxylic acids is 1. The van der Waals surface area contributed by atoms with Gasteiger partial charge in [0.15, 0.2) is 5.79 Å². The average Bonchev–Trinajstić information content (AvgIpc) is 3.36. The molecule has 6 aliphatic rings. The molecule has 2 aliphatic heterocycles. The SMILES string of the molecule is CC1CC[C@@]2(OC1)OC1CC3C4CC=C5CC(OC(=O)c6ccccc6)CC[C@]5(C)C4CC[C@]3(C)C1C2C. The van der Waals surface area contributed by atoms with Crippen LogP contribution < -0.4 is 0 Å². The standard InChI is InChI=1S/C34H46O4/c1-21-12-17-34(36-20-21)22(2)30-29(38-34)19-28-26-11-10-24-18-25(37-31(35)23-8-6-5-7-9-23)13-15-32(24,3)27(26)14-16-33(28,30)4/h5-10,21-22,25-30H,11-20H2,1-4H3/t21?,22?,25?,26?,27?,28?,29?,30?,32-,33-,34+/m0/s1. The van der Waals surface area contributed by atoms with E-state index >= 15 is 0 Å². The predicted molar refractivity (Wildman–Crippen MR) is 147 cm³/mol. The molecule has 206 valence electrons. The zero-order valence-electron chi connectivity index (χ0n) is 23.8. The number of ether oxygens (including phenoxy) is 3. The first-order chi connectivity index (χ1) is 18.2. The molecule has 2 saturated heterocycles. The fraction of sp³-hybridized carbons (Fsp3) is 0.735. The van der Waals surface area contributed by atoms with Gasteiger partial charge < -0.3 is 14.2 Å². The lowest BCUT2D eigenvalue weighted by Gasteiger charge is -2.58. The van der Waals surface area contributed by atoms with Gasteiger partial charge in [0.25, 0.3) is 0 Å². The number of rotatable bonds is 2. The molecule has 5 fully saturated rings. The average molecular weight is 519 g/mol. The summed E-state index contributed by atoms with van der Waals surface area (Å²) in [6.45, 7) is 10.7. The van der Waals surface area contributed by atoms with Crippen molar-refractivity contribution in [3.05, 3.63) is 47.5 Å². The van der Waals surface area contributed by atoms with Gasteiger partial charge in [-0.25, -0.2) is 4.79 Å². The van der Waals surface area contributed by atoms with Crippen LogP contribution in [0.1, 0.15) is 95.8 Å². The van der Waals surface area contributed by atoms with Crippen molar-refractivity contribution < 1.29 is 19.0 Å². The second-order valence-corrected chi connectivity index (χ2v) is 14.4. The molecule has 0 bridgehead atoms. The van der Waals surface area contributed by atoms with Crippen LogP contribution in [-0.4, -0.2) is 30.6 Å². The number of carbonyl (C=O) groups is 1. The summed E-state index contributed by atoms with van der Waals surface area (Å²) in [6, 6.07) is 9.45.